The molecular formula is C10H16O5. The van der Waals surface area contributed by atoms with Crippen molar-refractivity contribution < 1.29 is 23.9 Å². The Balaban J connectivity index is 3.66. The van der Waals surface area contributed by atoms with Gasteiger partial charge in [-0.15, -0.1) is 0 Å². The second kappa shape index (κ2) is 7.96. The van der Waals surface area contributed by atoms with Crippen LogP contribution in [0.1, 0.15) is 39.5 Å². The summed E-state index contributed by atoms with van der Waals surface area (Å²) in [7, 11) is 0. The molecule has 0 N–H and O–H groups in total. The van der Waals surface area contributed by atoms with E-state index in [1.165, 1.54) is 0 Å². The second-order valence-corrected chi connectivity index (χ2v) is 2.90. The zero-order valence-corrected chi connectivity index (χ0v) is 9.08. The minimum absolute atomic E-state index is 0.0495. The molecule has 0 aromatic rings. The van der Waals surface area contributed by atoms with Crippen LogP contribution in [0.2, 0.25) is 0 Å². The summed E-state index contributed by atoms with van der Waals surface area (Å²) in [5, 5.41) is 0. The van der Waals surface area contributed by atoms with E-state index in [1.807, 2.05) is 6.92 Å². The highest BCUT2D eigenvalue weighted by molar-refractivity contribution is 5.87. The van der Waals surface area contributed by atoms with Crippen LogP contribution >= 0.6 is 0 Å². The first kappa shape index (κ1) is 13.6. The first-order valence-corrected chi connectivity index (χ1v) is 4.99. The molecule has 0 rings (SSSR count). The van der Waals surface area contributed by atoms with Gasteiger partial charge in [-0.3, -0.25) is 14.4 Å². The lowest BCUT2D eigenvalue weighted by Gasteiger charge is -2.02. The number of carbonyl (C=O) groups excluding carboxylic acids is 3. The van der Waals surface area contributed by atoms with Gasteiger partial charge in [-0.1, -0.05) is 6.92 Å². The van der Waals surface area contributed by atoms with Gasteiger partial charge in [0.2, 0.25) is 0 Å². The molecule has 0 saturated carbocycles. The van der Waals surface area contributed by atoms with Gasteiger partial charge in [0.25, 0.3) is 0 Å². The van der Waals surface area contributed by atoms with E-state index in [0.717, 1.165) is 0 Å². The third kappa shape index (κ3) is 7.66. The van der Waals surface area contributed by atoms with E-state index in [9.17, 15) is 14.4 Å². The predicted octanol–water partition coefficient (Wildman–Crippen LogP) is 1.20. The largest absolute Gasteiger partial charge is 0.466 e. The van der Waals surface area contributed by atoms with Crippen molar-refractivity contribution in [1.82, 2.24) is 0 Å². The predicted molar refractivity (Wildman–Crippen MR) is 51.9 cm³/mol. The fourth-order valence-corrected chi connectivity index (χ4v) is 0.870. The number of hydrogen-bond acceptors (Lipinski definition) is 5. The fourth-order valence-electron chi connectivity index (χ4n) is 0.870. The lowest BCUT2D eigenvalue weighted by atomic mass is 10.3. The fraction of sp³-hybridized carbons (Fsp3) is 0.700. The van der Waals surface area contributed by atoms with E-state index in [0.29, 0.717) is 6.42 Å². The van der Waals surface area contributed by atoms with Crippen LogP contribution in [0.15, 0.2) is 0 Å². The van der Waals surface area contributed by atoms with Crippen molar-refractivity contribution in [1.29, 1.82) is 0 Å². The molecule has 0 bridgehead atoms. The highest BCUT2D eigenvalue weighted by atomic mass is 16.6. The van der Waals surface area contributed by atoms with Crippen molar-refractivity contribution in [3.8, 4) is 0 Å². The van der Waals surface area contributed by atoms with Crippen LogP contribution in [-0.2, 0) is 23.9 Å². The highest BCUT2D eigenvalue weighted by Crippen LogP contribution is 1.98. The van der Waals surface area contributed by atoms with Crippen LogP contribution in [0.4, 0.5) is 0 Å². The van der Waals surface area contributed by atoms with Gasteiger partial charge in [0.05, 0.1) is 19.4 Å². The molecule has 0 saturated heterocycles. The minimum Gasteiger partial charge on any atom is -0.466 e. The normalized spacial score (nSPS) is 9.47. The summed E-state index contributed by atoms with van der Waals surface area (Å²) in [5.74, 6) is -1.69. The van der Waals surface area contributed by atoms with Gasteiger partial charge in [0, 0.05) is 6.42 Å². The Hall–Kier alpha value is -1.39. The van der Waals surface area contributed by atoms with Gasteiger partial charge in [-0.25, -0.2) is 0 Å². The summed E-state index contributed by atoms with van der Waals surface area (Å²) in [6.45, 7) is 3.77. The maximum atomic E-state index is 11.0. The van der Waals surface area contributed by atoms with E-state index >= 15 is 0 Å². The van der Waals surface area contributed by atoms with Crippen molar-refractivity contribution in [2.24, 2.45) is 0 Å². The van der Waals surface area contributed by atoms with Crippen LogP contribution in [0.5, 0.6) is 0 Å². The standard InChI is InChI=1S/C10H16O5/c1-3-5-9(12)15-10(13)7-6-8(11)14-4-2/h3-7H2,1-2H3. The van der Waals surface area contributed by atoms with Gasteiger partial charge in [-0.2, -0.15) is 0 Å². The van der Waals surface area contributed by atoms with Crippen LogP contribution in [0.25, 0.3) is 0 Å². The zero-order valence-electron chi connectivity index (χ0n) is 9.08. The van der Waals surface area contributed by atoms with Crippen LogP contribution in [-0.4, -0.2) is 24.5 Å². The van der Waals surface area contributed by atoms with Crippen molar-refractivity contribution in [2.75, 3.05) is 6.61 Å². The van der Waals surface area contributed by atoms with E-state index in [2.05, 4.69) is 9.47 Å². The Morgan fingerprint density at radius 2 is 1.40 bits per heavy atom. The molecule has 5 heteroatoms. The molecule has 0 spiro atoms. The van der Waals surface area contributed by atoms with Crippen molar-refractivity contribution in [3.05, 3.63) is 0 Å². The number of rotatable bonds is 6. The smallest absolute Gasteiger partial charge is 0.314 e. The molecule has 0 aromatic carbocycles. The third-order valence-electron chi connectivity index (χ3n) is 1.52. The first-order chi connectivity index (χ1) is 7.10. The lowest BCUT2D eigenvalue weighted by molar-refractivity contribution is -0.161. The van der Waals surface area contributed by atoms with Crippen molar-refractivity contribution in [2.45, 2.75) is 39.5 Å². The van der Waals surface area contributed by atoms with Gasteiger partial charge >= 0.3 is 17.9 Å². The lowest BCUT2D eigenvalue weighted by Crippen LogP contribution is -2.14. The summed E-state index contributed by atoms with van der Waals surface area (Å²) in [5.41, 5.74) is 0. The molecule has 0 radical (unpaired) electrons. The molecule has 0 amide bonds. The molecule has 0 aliphatic carbocycles. The topological polar surface area (TPSA) is 69.7 Å². The van der Waals surface area contributed by atoms with Gasteiger partial charge < -0.3 is 9.47 Å². The number of carbonyl (C=O) groups is 3. The SMILES string of the molecule is CCCC(=O)OC(=O)CCC(=O)OCC. The first-order valence-electron chi connectivity index (χ1n) is 4.99. The molecule has 86 valence electrons. The number of esters is 3. The van der Waals surface area contributed by atoms with Crippen LogP contribution in [0.3, 0.4) is 0 Å². The Kier molecular flexibility index (Phi) is 7.23. The van der Waals surface area contributed by atoms with Crippen molar-refractivity contribution >= 4 is 17.9 Å². The molecule has 0 aromatic heterocycles. The molecule has 15 heavy (non-hydrogen) atoms. The number of hydrogen-bond donors (Lipinski definition) is 0. The minimum atomic E-state index is -0.679. The maximum absolute atomic E-state index is 11.0. The van der Waals surface area contributed by atoms with Crippen LogP contribution < -0.4 is 0 Å². The molecule has 0 aliphatic heterocycles. The van der Waals surface area contributed by atoms with E-state index in [4.69, 9.17) is 0 Å². The molecular weight excluding hydrogens is 200 g/mol. The highest BCUT2D eigenvalue weighted by Gasteiger charge is 2.12. The van der Waals surface area contributed by atoms with E-state index in [1.54, 1.807) is 6.92 Å². The molecule has 0 fully saturated rings. The average molecular weight is 216 g/mol. The Bertz CT molecular complexity index is 234. The van der Waals surface area contributed by atoms with E-state index < -0.39 is 17.9 Å². The van der Waals surface area contributed by atoms with Crippen LogP contribution in [0, 0.1) is 0 Å². The Morgan fingerprint density at radius 1 is 0.867 bits per heavy atom. The monoisotopic (exact) mass is 216 g/mol. The Morgan fingerprint density at radius 3 is 1.93 bits per heavy atom. The molecule has 0 heterocycles. The maximum Gasteiger partial charge on any atom is 0.314 e. The summed E-state index contributed by atoms with van der Waals surface area (Å²) < 4.78 is 9.05. The summed E-state index contributed by atoms with van der Waals surface area (Å²) in [6, 6.07) is 0. The third-order valence-corrected chi connectivity index (χ3v) is 1.52. The second-order valence-electron chi connectivity index (χ2n) is 2.90. The van der Waals surface area contributed by atoms with E-state index in [-0.39, 0.29) is 25.9 Å². The average Bonchev–Trinajstić information content (AvgIpc) is 2.15. The summed E-state index contributed by atoms with van der Waals surface area (Å²) >= 11 is 0. The molecule has 0 unspecified atom stereocenters. The van der Waals surface area contributed by atoms with Gasteiger partial charge in [-0.05, 0) is 13.3 Å². The molecule has 0 atom stereocenters. The van der Waals surface area contributed by atoms with Crippen molar-refractivity contribution in [3.63, 3.8) is 0 Å². The van der Waals surface area contributed by atoms with Gasteiger partial charge in [0.1, 0.15) is 0 Å². The summed E-state index contributed by atoms with van der Waals surface area (Å²) in [4.78, 5) is 32.7. The Labute approximate surface area is 88.7 Å². The zero-order chi connectivity index (χ0) is 11.7. The summed E-state index contributed by atoms with van der Waals surface area (Å²) in [6.07, 6.45) is 0.676. The number of ether oxygens (including phenoxy) is 2. The quantitative estimate of drug-likeness (QED) is 0.493. The molecule has 0 aliphatic rings. The van der Waals surface area contributed by atoms with Gasteiger partial charge in [0.15, 0.2) is 0 Å². The molecule has 5 nitrogen and oxygen atoms in total.